The number of hydrogen-bond donors (Lipinski definition) is 1. The van der Waals surface area contributed by atoms with Gasteiger partial charge in [0.25, 0.3) is 0 Å². The first-order valence-corrected chi connectivity index (χ1v) is 4.00. The summed E-state index contributed by atoms with van der Waals surface area (Å²) in [4.78, 5) is 3.88. The maximum Gasteiger partial charge on any atom is 0.227 e. The molecule has 0 spiro atoms. The molecule has 1 N–H and O–H groups in total. The van der Waals surface area contributed by atoms with Crippen molar-refractivity contribution in [1.29, 1.82) is 0 Å². The molecular weight excluding hydrogens is 166 g/mol. The molecule has 66 valence electrons. The van der Waals surface area contributed by atoms with E-state index in [-0.39, 0.29) is 0 Å². The predicted molar refractivity (Wildman–Crippen MR) is 47.0 cm³/mol. The van der Waals surface area contributed by atoms with Crippen molar-refractivity contribution in [2.24, 2.45) is 0 Å². The van der Waals surface area contributed by atoms with Gasteiger partial charge in [0.2, 0.25) is 5.89 Å². The molecule has 2 aromatic rings. The summed E-state index contributed by atoms with van der Waals surface area (Å²) in [6, 6.07) is 9.28. The summed E-state index contributed by atoms with van der Waals surface area (Å²) in [5, 5.41) is 9.72. The lowest BCUT2D eigenvalue weighted by molar-refractivity contribution is 0.182. The molecule has 1 heterocycles. The lowest BCUT2D eigenvalue weighted by Gasteiger charge is -2.05. The highest BCUT2D eigenvalue weighted by molar-refractivity contribution is 5.21. The van der Waals surface area contributed by atoms with Gasteiger partial charge in [-0.1, -0.05) is 30.3 Å². The van der Waals surface area contributed by atoms with E-state index < -0.39 is 6.10 Å². The number of aromatic nitrogens is 1. The summed E-state index contributed by atoms with van der Waals surface area (Å²) in [5.74, 6) is 0.325. The van der Waals surface area contributed by atoms with Gasteiger partial charge in [-0.3, -0.25) is 0 Å². The van der Waals surface area contributed by atoms with Crippen molar-refractivity contribution in [3.05, 3.63) is 54.2 Å². The first kappa shape index (κ1) is 8.01. The van der Waals surface area contributed by atoms with E-state index in [1.807, 2.05) is 30.3 Å². The van der Waals surface area contributed by atoms with E-state index in [1.165, 1.54) is 12.5 Å². The van der Waals surface area contributed by atoms with Crippen LogP contribution in [0.2, 0.25) is 0 Å². The number of rotatable bonds is 2. The van der Waals surface area contributed by atoms with Crippen LogP contribution in [-0.4, -0.2) is 10.1 Å². The van der Waals surface area contributed by atoms with E-state index in [1.54, 1.807) is 0 Å². The molecule has 1 unspecified atom stereocenters. The molecule has 3 nitrogen and oxygen atoms in total. The topological polar surface area (TPSA) is 46.3 Å². The van der Waals surface area contributed by atoms with Gasteiger partial charge in [-0.15, -0.1) is 0 Å². The van der Waals surface area contributed by atoms with Crippen molar-refractivity contribution in [3.8, 4) is 0 Å². The molecule has 0 fully saturated rings. The average Bonchev–Trinajstić information content (AvgIpc) is 2.71. The monoisotopic (exact) mass is 175 g/mol. The molecule has 1 aromatic carbocycles. The van der Waals surface area contributed by atoms with Crippen LogP contribution in [-0.2, 0) is 0 Å². The van der Waals surface area contributed by atoms with Crippen LogP contribution >= 0.6 is 0 Å². The fourth-order valence-electron chi connectivity index (χ4n) is 1.15. The van der Waals surface area contributed by atoms with Crippen LogP contribution in [0.25, 0.3) is 0 Å². The van der Waals surface area contributed by atoms with Gasteiger partial charge in [-0.05, 0) is 5.56 Å². The zero-order chi connectivity index (χ0) is 9.10. The third-order valence-corrected chi connectivity index (χ3v) is 1.80. The summed E-state index contributed by atoms with van der Waals surface area (Å²) in [5.41, 5.74) is 0.782. The van der Waals surface area contributed by atoms with Crippen molar-refractivity contribution in [2.45, 2.75) is 6.10 Å². The van der Waals surface area contributed by atoms with Gasteiger partial charge in [-0.2, -0.15) is 0 Å². The second kappa shape index (κ2) is 3.41. The highest BCUT2D eigenvalue weighted by Crippen LogP contribution is 2.19. The predicted octanol–water partition coefficient (Wildman–Crippen LogP) is 1.76. The van der Waals surface area contributed by atoms with Crippen LogP contribution in [0.4, 0.5) is 0 Å². The van der Waals surface area contributed by atoms with Crippen molar-refractivity contribution >= 4 is 0 Å². The Bertz CT molecular complexity index is 356. The summed E-state index contributed by atoms with van der Waals surface area (Å²) in [6.45, 7) is 0. The van der Waals surface area contributed by atoms with Crippen LogP contribution in [0.1, 0.15) is 17.6 Å². The van der Waals surface area contributed by atoms with E-state index in [0.717, 1.165) is 5.56 Å². The molecule has 0 bridgehead atoms. The summed E-state index contributed by atoms with van der Waals surface area (Å²) >= 11 is 0. The fraction of sp³-hybridized carbons (Fsp3) is 0.100. The molecule has 1 aromatic heterocycles. The molecule has 2 rings (SSSR count). The maximum absolute atomic E-state index is 9.72. The third kappa shape index (κ3) is 1.60. The molecule has 0 aliphatic carbocycles. The number of aliphatic hydroxyl groups excluding tert-OH is 1. The second-order valence-electron chi connectivity index (χ2n) is 2.68. The van der Waals surface area contributed by atoms with Crippen molar-refractivity contribution < 1.29 is 9.52 Å². The largest absolute Gasteiger partial charge is 0.446 e. The highest BCUT2D eigenvalue weighted by atomic mass is 16.4. The zero-order valence-corrected chi connectivity index (χ0v) is 6.92. The lowest BCUT2D eigenvalue weighted by Crippen LogP contribution is -1.98. The Morgan fingerprint density at radius 3 is 2.62 bits per heavy atom. The smallest absolute Gasteiger partial charge is 0.227 e. The quantitative estimate of drug-likeness (QED) is 0.756. The second-order valence-corrected chi connectivity index (χ2v) is 2.68. The van der Waals surface area contributed by atoms with E-state index in [0.29, 0.717) is 5.89 Å². The average molecular weight is 175 g/mol. The van der Waals surface area contributed by atoms with Gasteiger partial charge < -0.3 is 9.52 Å². The van der Waals surface area contributed by atoms with Crippen molar-refractivity contribution in [1.82, 2.24) is 4.98 Å². The Kier molecular flexibility index (Phi) is 2.10. The van der Waals surface area contributed by atoms with Crippen LogP contribution < -0.4 is 0 Å². The Hall–Kier alpha value is -1.61. The van der Waals surface area contributed by atoms with Crippen LogP contribution in [0.3, 0.4) is 0 Å². The summed E-state index contributed by atoms with van der Waals surface area (Å²) in [7, 11) is 0. The zero-order valence-electron chi connectivity index (χ0n) is 6.92. The fourth-order valence-corrected chi connectivity index (χ4v) is 1.15. The van der Waals surface area contributed by atoms with E-state index >= 15 is 0 Å². The highest BCUT2D eigenvalue weighted by Gasteiger charge is 2.13. The summed E-state index contributed by atoms with van der Waals surface area (Å²) in [6.07, 6.45) is 2.19. The van der Waals surface area contributed by atoms with Gasteiger partial charge in [0.1, 0.15) is 6.26 Å². The molecule has 0 saturated carbocycles. The molecule has 0 radical (unpaired) electrons. The Balaban J connectivity index is 2.29. The number of aliphatic hydroxyl groups is 1. The molecule has 1 atom stereocenters. The number of nitrogens with zero attached hydrogens (tertiary/aromatic N) is 1. The molecular formula is C10H9NO2. The molecule has 0 amide bonds. The molecule has 3 heteroatoms. The van der Waals surface area contributed by atoms with Crippen LogP contribution in [0, 0.1) is 0 Å². The number of benzene rings is 1. The number of oxazole rings is 1. The van der Waals surface area contributed by atoms with Crippen molar-refractivity contribution in [3.63, 3.8) is 0 Å². The van der Waals surface area contributed by atoms with Gasteiger partial charge in [-0.25, -0.2) is 4.98 Å². The van der Waals surface area contributed by atoms with Gasteiger partial charge in [0.15, 0.2) is 6.10 Å². The number of hydrogen-bond acceptors (Lipinski definition) is 3. The minimum absolute atomic E-state index is 0.325. The van der Waals surface area contributed by atoms with Gasteiger partial charge >= 0.3 is 0 Å². The van der Waals surface area contributed by atoms with Crippen LogP contribution in [0.15, 0.2) is 47.2 Å². The van der Waals surface area contributed by atoms with Crippen molar-refractivity contribution in [2.75, 3.05) is 0 Å². The molecule has 0 aliphatic heterocycles. The van der Waals surface area contributed by atoms with Gasteiger partial charge in [0.05, 0.1) is 6.20 Å². The maximum atomic E-state index is 9.72. The Morgan fingerprint density at radius 2 is 2.00 bits per heavy atom. The Morgan fingerprint density at radius 1 is 1.23 bits per heavy atom. The Labute approximate surface area is 75.7 Å². The van der Waals surface area contributed by atoms with E-state index in [4.69, 9.17) is 4.42 Å². The van der Waals surface area contributed by atoms with Gasteiger partial charge in [0, 0.05) is 0 Å². The first-order valence-electron chi connectivity index (χ1n) is 4.00. The third-order valence-electron chi connectivity index (χ3n) is 1.80. The standard InChI is InChI=1S/C10H9NO2/c12-9(10-11-6-7-13-10)8-4-2-1-3-5-8/h1-7,9,12H. The first-order chi connectivity index (χ1) is 6.38. The SMILES string of the molecule is OC(c1ccccc1)c1ncco1. The normalized spacial score (nSPS) is 12.7. The van der Waals surface area contributed by atoms with Crippen LogP contribution in [0.5, 0.6) is 0 Å². The molecule has 0 aliphatic rings. The van der Waals surface area contributed by atoms with E-state index in [2.05, 4.69) is 4.98 Å². The minimum Gasteiger partial charge on any atom is -0.446 e. The lowest BCUT2D eigenvalue weighted by atomic mass is 10.1. The molecule has 13 heavy (non-hydrogen) atoms. The molecule has 0 saturated heterocycles. The van der Waals surface area contributed by atoms with E-state index in [9.17, 15) is 5.11 Å². The summed E-state index contributed by atoms with van der Waals surface area (Å²) < 4.78 is 4.99. The minimum atomic E-state index is -0.767.